The predicted octanol–water partition coefficient (Wildman–Crippen LogP) is 4.71. The largest absolute Gasteiger partial charge is 0.378 e. The van der Waals surface area contributed by atoms with E-state index >= 15 is 0 Å². The lowest BCUT2D eigenvalue weighted by Crippen LogP contribution is -2.37. The monoisotopic (exact) mass is 382 g/mol. The highest BCUT2D eigenvalue weighted by molar-refractivity contribution is 6.67. The molecule has 0 amide bonds. The Kier molecular flexibility index (Phi) is 5.22. The van der Waals surface area contributed by atoms with Crippen molar-refractivity contribution in [2.24, 2.45) is 0 Å². The smallest absolute Gasteiger partial charge is 0.234 e. The summed E-state index contributed by atoms with van der Waals surface area (Å²) in [7, 11) is 0. The molecule has 0 unspecified atom stereocenters. The summed E-state index contributed by atoms with van der Waals surface area (Å²) in [4.78, 5) is 5.88. The third-order valence-corrected chi connectivity index (χ3v) is 4.23. The molecule has 9 heteroatoms. The van der Waals surface area contributed by atoms with E-state index in [0.717, 1.165) is 0 Å². The van der Waals surface area contributed by atoms with Gasteiger partial charge in [-0.05, 0) is 0 Å². The van der Waals surface area contributed by atoms with Crippen molar-refractivity contribution >= 4 is 75.3 Å². The molecule has 1 aliphatic rings. The van der Waals surface area contributed by atoms with E-state index in [9.17, 15) is 0 Å². The van der Waals surface area contributed by atoms with Crippen molar-refractivity contribution in [2.45, 2.75) is 3.79 Å². The number of nitrogens with zero attached hydrogens (tertiary/aromatic N) is 2. The molecule has 0 N–H and O–H groups in total. The molecule has 2 rings (SSSR count). The molecule has 0 spiro atoms. The molecule has 0 atom stereocenters. The lowest BCUT2D eigenvalue weighted by atomic mass is 10.2. The van der Waals surface area contributed by atoms with E-state index in [0.29, 0.717) is 32.0 Å². The van der Waals surface area contributed by atoms with Gasteiger partial charge in [0.1, 0.15) is 15.9 Å². The molecule has 0 aliphatic carbocycles. The van der Waals surface area contributed by atoms with Crippen LogP contribution in [0.1, 0.15) is 5.69 Å². The lowest BCUT2D eigenvalue weighted by Gasteiger charge is -2.31. The number of hydrogen-bond donors (Lipinski definition) is 0. The summed E-state index contributed by atoms with van der Waals surface area (Å²) >= 11 is 35.9. The van der Waals surface area contributed by atoms with E-state index in [1.54, 1.807) is 0 Å². The zero-order valence-corrected chi connectivity index (χ0v) is 13.9. The molecule has 0 radical (unpaired) electrons. The zero-order valence-electron chi connectivity index (χ0n) is 9.40. The average molecular weight is 385 g/mol. The number of rotatable bonds is 1. The van der Waals surface area contributed by atoms with Crippen molar-refractivity contribution in [2.75, 3.05) is 31.2 Å². The van der Waals surface area contributed by atoms with Gasteiger partial charge in [-0.2, -0.15) is 0 Å². The number of morpholine rings is 1. The molecule has 106 valence electrons. The first kappa shape index (κ1) is 16.0. The van der Waals surface area contributed by atoms with Gasteiger partial charge in [-0.3, -0.25) is 0 Å². The Morgan fingerprint density at radius 3 is 2.11 bits per heavy atom. The fourth-order valence-corrected chi connectivity index (χ4v) is 3.19. The van der Waals surface area contributed by atoms with E-state index < -0.39 is 3.79 Å². The molecule has 2 heterocycles. The van der Waals surface area contributed by atoms with Gasteiger partial charge in [0.15, 0.2) is 0 Å². The lowest BCUT2D eigenvalue weighted by molar-refractivity contribution is 0.122. The third-order valence-electron chi connectivity index (χ3n) is 2.61. The molecule has 1 aromatic heterocycles. The minimum absolute atomic E-state index is 0.0499. The Morgan fingerprint density at radius 2 is 1.58 bits per heavy atom. The fraction of sp³-hybridized carbons (Fsp3) is 0.500. The van der Waals surface area contributed by atoms with Crippen LogP contribution in [0, 0.1) is 0 Å². The maximum Gasteiger partial charge on any atom is 0.234 e. The van der Waals surface area contributed by atoms with Gasteiger partial charge in [-0.1, -0.05) is 69.6 Å². The number of halogens is 6. The maximum absolute atomic E-state index is 6.26. The molecule has 0 bridgehead atoms. The van der Waals surface area contributed by atoms with Crippen LogP contribution < -0.4 is 4.90 Å². The Labute approximate surface area is 140 Å². The molecule has 1 fully saturated rings. The number of aromatic nitrogens is 1. The van der Waals surface area contributed by atoms with E-state index in [2.05, 4.69) is 4.98 Å². The summed E-state index contributed by atoms with van der Waals surface area (Å²) in [6.45, 7) is 2.38. The van der Waals surface area contributed by atoms with Gasteiger partial charge >= 0.3 is 0 Å². The normalized spacial score (nSPS) is 16.8. The molecule has 0 saturated carbocycles. The number of alkyl halides is 3. The van der Waals surface area contributed by atoms with Crippen LogP contribution in [0.4, 0.5) is 5.69 Å². The van der Waals surface area contributed by atoms with Crippen LogP contribution in [0.3, 0.4) is 0 Å². The van der Waals surface area contributed by atoms with Crippen LogP contribution in [0.2, 0.25) is 15.2 Å². The summed E-state index contributed by atoms with van der Waals surface area (Å²) in [5, 5.41) is 0.483. The van der Waals surface area contributed by atoms with Gasteiger partial charge in [0.2, 0.25) is 3.79 Å². The quantitative estimate of drug-likeness (QED) is 0.518. The van der Waals surface area contributed by atoms with Crippen LogP contribution >= 0.6 is 69.6 Å². The highest BCUT2D eigenvalue weighted by atomic mass is 35.6. The van der Waals surface area contributed by atoms with Crippen molar-refractivity contribution in [3.8, 4) is 0 Å². The van der Waals surface area contributed by atoms with E-state index in [1.165, 1.54) is 0 Å². The summed E-state index contributed by atoms with van der Waals surface area (Å²) in [5.74, 6) is 0. The highest BCUT2D eigenvalue weighted by Gasteiger charge is 2.33. The van der Waals surface area contributed by atoms with Crippen molar-refractivity contribution in [3.63, 3.8) is 0 Å². The van der Waals surface area contributed by atoms with Crippen molar-refractivity contribution < 1.29 is 4.74 Å². The first-order valence-corrected chi connectivity index (χ1v) is 7.53. The summed E-state index contributed by atoms with van der Waals surface area (Å²) in [6.07, 6.45) is 0. The van der Waals surface area contributed by atoms with Gasteiger partial charge in [0, 0.05) is 13.1 Å². The number of ether oxygens (including phenoxy) is 1. The van der Waals surface area contributed by atoms with Crippen LogP contribution in [-0.2, 0) is 8.53 Å². The van der Waals surface area contributed by atoms with Gasteiger partial charge in [0.25, 0.3) is 0 Å². The van der Waals surface area contributed by atoms with Crippen molar-refractivity contribution in [1.82, 2.24) is 4.98 Å². The first-order valence-electron chi connectivity index (χ1n) is 5.26. The SMILES string of the molecule is Clc1nc(C(Cl)(Cl)Cl)c(Cl)c(N2CCOCC2)c1Cl. The minimum atomic E-state index is -1.77. The number of hydrogen-bond acceptors (Lipinski definition) is 3. The second-order valence-corrected chi connectivity index (χ2v) is 7.22. The average Bonchev–Trinajstić information content (AvgIpc) is 2.34. The topological polar surface area (TPSA) is 25.4 Å². The molecule has 0 aromatic carbocycles. The predicted molar refractivity (Wildman–Crippen MR) is 81.5 cm³/mol. The van der Waals surface area contributed by atoms with Crippen LogP contribution in [0.15, 0.2) is 0 Å². The molecule has 1 aliphatic heterocycles. The van der Waals surface area contributed by atoms with E-state index in [1.807, 2.05) is 4.90 Å². The Morgan fingerprint density at radius 1 is 1.00 bits per heavy atom. The summed E-state index contributed by atoms with van der Waals surface area (Å²) < 4.78 is 3.50. The fourth-order valence-electron chi connectivity index (χ4n) is 1.75. The van der Waals surface area contributed by atoms with Gasteiger partial charge in [-0.25, -0.2) is 4.98 Å². The van der Waals surface area contributed by atoms with Gasteiger partial charge < -0.3 is 9.64 Å². The van der Waals surface area contributed by atoms with Crippen LogP contribution in [-0.4, -0.2) is 31.3 Å². The Hall–Kier alpha value is 0.650. The van der Waals surface area contributed by atoms with Crippen LogP contribution in [0.5, 0.6) is 0 Å². The second kappa shape index (κ2) is 6.18. The molecular weight excluding hydrogens is 377 g/mol. The molecule has 19 heavy (non-hydrogen) atoms. The summed E-state index contributed by atoms with van der Waals surface area (Å²) in [5.41, 5.74) is 0.586. The molecular formula is C10H8Cl6N2O. The standard InChI is InChI=1S/C10H8Cl6N2O/c11-5-7(18-1-3-19-4-2-18)6(12)9(13)17-8(5)10(14,15)16/h1-4H2. The van der Waals surface area contributed by atoms with E-state index in [4.69, 9.17) is 74.3 Å². The number of pyridine rings is 1. The zero-order chi connectivity index (χ0) is 14.2. The second-order valence-electron chi connectivity index (χ2n) is 3.82. The molecule has 3 nitrogen and oxygen atoms in total. The van der Waals surface area contributed by atoms with Gasteiger partial charge in [0.05, 0.1) is 23.9 Å². The van der Waals surface area contributed by atoms with Gasteiger partial charge in [-0.15, -0.1) is 0 Å². The van der Waals surface area contributed by atoms with E-state index in [-0.39, 0.29) is 20.9 Å². The molecule has 1 saturated heterocycles. The third kappa shape index (κ3) is 3.46. The first-order chi connectivity index (χ1) is 8.82. The Balaban J connectivity index is 2.55. The van der Waals surface area contributed by atoms with Crippen molar-refractivity contribution in [1.29, 1.82) is 0 Å². The highest BCUT2D eigenvalue weighted by Crippen LogP contribution is 2.47. The minimum Gasteiger partial charge on any atom is -0.378 e. The maximum atomic E-state index is 6.26. The number of anilines is 1. The molecule has 1 aromatic rings. The summed E-state index contributed by atoms with van der Waals surface area (Å²) in [6, 6.07) is 0. The Bertz CT molecular complexity index is 484. The van der Waals surface area contributed by atoms with Crippen LogP contribution in [0.25, 0.3) is 0 Å². The van der Waals surface area contributed by atoms with Crippen molar-refractivity contribution in [3.05, 3.63) is 20.9 Å².